The first-order chi connectivity index (χ1) is 29.7. The summed E-state index contributed by atoms with van der Waals surface area (Å²) in [5.74, 6) is -0.0967. The number of carbonyl (C=O) groups is 1. The molecular weight excluding hydrogens is 735 g/mol. The summed E-state index contributed by atoms with van der Waals surface area (Å²) in [6.07, 6.45) is 76.4. The maximum atomic E-state index is 12.4. The molecule has 0 aromatic carbocycles. The van der Waals surface area contributed by atoms with Crippen molar-refractivity contribution in [1.82, 2.24) is 5.32 Å². The van der Waals surface area contributed by atoms with Gasteiger partial charge in [-0.25, -0.2) is 0 Å². The molecule has 3 N–H and O–H groups in total. The van der Waals surface area contributed by atoms with Crippen molar-refractivity contribution in [3.8, 4) is 0 Å². The topological polar surface area (TPSA) is 69.6 Å². The zero-order valence-electron chi connectivity index (χ0n) is 39.2. The summed E-state index contributed by atoms with van der Waals surface area (Å²) in [6, 6.07) is -0.658. The van der Waals surface area contributed by atoms with Crippen LogP contribution in [0.2, 0.25) is 0 Å². The lowest BCUT2D eigenvalue weighted by Crippen LogP contribution is -2.45. The van der Waals surface area contributed by atoms with E-state index in [1.807, 2.05) is 6.08 Å². The molecule has 0 saturated heterocycles. The Bertz CT molecular complexity index is 1170. The van der Waals surface area contributed by atoms with Crippen molar-refractivity contribution in [1.29, 1.82) is 0 Å². The molecule has 0 aromatic heterocycles. The molecule has 0 aromatic rings. The molecule has 0 bridgehead atoms. The van der Waals surface area contributed by atoms with E-state index in [0.29, 0.717) is 6.42 Å². The Morgan fingerprint density at radius 3 is 1.17 bits per heavy atom. The smallest absolute Gasteiger partial charge is 0.220 e. The van der Waals surface area contributed by atoms with Crippen molar-refractivity contribution in [3.05, 3.63) is 109 Å². The molecule has 342 valence electrons. The van der Waals surface area contributed by atoms with Crippen molar-refractivity contribution >= 4 is 5.91 Å². The molecule has 4 heteroatoms. The van der Waals surface area contributed by atoms with Crippen LogP contribution in [0.3, 0.4) is 0 Å². The van der Waals surface area contributed by atoms with Crippen LogP contribution >= 0.6 is 0 Å². The number of amides is 1. The summed E-state index contributed by atoms with van der Waals surface area (Å²) in [6.45, 7) is 4.17. The lowest BCUT2D eigenvalue weighted by atomic mass is 10.0. The highest BCUT2D eigenvalue weighted by atomic mass is 16.3. The SMILES string of the molecule is CC/C=C\C/C=C\C/C=C\C/C=C\C/C=C\C/C=C\C/C=C\CCCCCCCC(=O)NC(CO)C(O)/C=C/CC/C=C/CCCCCCCCCCCCCCCCC. The highest BCUT2D eigenvalue weighted by Gasteiger charge is 2.17. The lowest BCUT2D eigenvalue weighted by Gasteiger charge is -2.19. The quantitative estimate of drug-likeness (QED) is 0.0423. The summed E-state index contributed by atoms with van der Waals surface area (Å²) in [4.78, 5) is 12.4. The van der Waals surface area contributed by atoms with Gasteiger partial charge in [-0.05, 0) is 89.9 Å². The van der Waals surface area contributed by atoms with E-state index in [9.17, 15) is 15.0 Å². The first kappa shape index (κ1) is 57.1. The predicted octanol–water partition coefficient (Wildman–Crippen LogP) is 16.4. The first-order valence-corrected chi connectivity index (χ1v) is 25.1. The van der Waals surface area contributed by atoms with Gasteiger partial charge in [0.15, 0.2) is 0 Å². The average molecular weight is 830 g/mol. The van der Waals surface area contributed by atoms with Crippen LogP contribution in [0, 0.1) is 0 Å². The van der Waals surface area contributed by atoms with Crippen LogP contribution in [0.4, 0.5) is 0 Å². The van der Waals surface area contributed by atoms with E-state index in [-0.39, 0.29) is 12.5 Å². The van der Waals surface area contributed by atoms with Crippen molar-refractivity contribution in [2.75, 3.05) is 6.61 Å². The van der Waals surface area contributed by atoms with Gasteiger partial charge in [-0.1, -0.05) is 232 Å². The first-order valence-electron chi connectivity index (χ1n) is 25.1. The number of unbranched alkanes of at least 4 members (excludes halogenated alkanes) is 21. The molecule has 0 rings (SSSR count). The van der Waals surface area contributed by atoms with Gasteiger partial charge in [0.05, 0.1) is 18.8 Å². The van der Waals surface area contributed by atoms with E-state index in [0.717, 1.165) is 89.9 Å². The molecule has 1 amide bonds. The molecule has 4 nitrogen and oxygen atoms in total. The Morgan fingerprint density at radius 2 is 0.750 bits per heavy atom. The molecule has 0 aliphatic rings. The van der Waals surface area contributed by atoms with Gasteiger partial charge >= 0.3 is 0 Å². The maximum absolute atomic E-state index is 12.4. The van der Waals surface area contributed by atoms with E-state index >= 15 is 0 Å². The van der Waals surface area contributed by atoms with Crippen LogP contribution in [0.15, 0.2) is 109 Å². The predicted molar refractivity (Wildman–Crippen MR) is 266 cm³/mol. The van der Waals surface area contributed by atoms with Gasteiger partial charge in [0.1, 0.15) is 0 Å². The third kappa shape index (κ3) is 46.1. The standard InChI is InChI=1S/C56H95NO3/c1-3-5-7-9-11-13-15-17-19-21-23-25-26-27-28-29-30-32-34-36-38-40-42-44-46-48-50-52-56(60)57-54(53-58)55(59)51-49-47-45-43-41-39-37-35-33-31-24-22-20-18-16-14-12-10-8-6-4-2/h5,7,11,13,17,19,23,25,27-28,30,32,36,38,41,43,49,51,54-55,58-59H,3-4,6,8-10,12,14-16,18,20-22,24,26,29,31,33-35,37,39-40,42,44-48,50,52-53H2,1-2H3,(H,57,60)/b7-5-,13-11-,19-17-,25-23-,28-27-,32-30-,38-36-,43-41+,51-49+. The molecule has 0 heterocycles. The Morgan fingerprint density at radius 1 is 0.417 bits per heavy atom. The van der Waals surface area contributed by atoms with E-state index in [1.165, 1.54) is 109 Å². The number of allylic oxidation sites excluding steroid dienone is 17. The third-order valence-electron chi connectivity index (χ3n) is 10.7. The Hall–Kier alpha value is -2.95. The van der Waals surface area contributed by atoms with Crippen LogP contribution in [-0.2, 0) is 4.79 Å². The van der Waals surface area contributed by atoms with Crippen LogP contribution in [0.1, 0.15) is 219 Å². The fraction of sp³-hybridized carbons (Fsp3) is 0.661. The Balaban J connectivity index is 3.69. The number of aliphatic hydroxyl groups excluding tert-OH is 2. The second-order valence-corrected chi connectivity index (χ2v) is 16.5. The average Bonchev–Trinajstić information content (AvgIpc) is 3.25. The van der Waals surface area contributed by atoms with E-state index < -0.39 is 12.1 Å². The fourth-order valence-corrected chi connectivity index (χ4v) is 6.94. The second-order valence-electron chi connectivity index (χ2n) is 16.5. The number of rotatable bonds is 44. The molecule has 0 saturated carbocycles. The minimum Gasteiger partial charge on any atom is -0.394 e. The van der Waals surface area contributed by atoms with Gasteiger partial charge in [-0.2, -0.15) is 0 Å². The van der Waals surface area contributed by atoms with Gasteiger partial charge in [-0.3, -0.25) is 4.79 Å². The molecule has 2 atom stereocenters. The molecule has 0 aliphatic heterocycles. The summed E-state index contributed by atoms with van der Waals surface area (Å²) < 4.78 is 0. The van der Waals surface area contributed by atoms with Crippen molar-refractivity contribution < 1.29 is 15.0 Å². The van der Waals surface area contributed by atoms with E-state index in [4.69, 9.17) is 0 Å². The van der Waals surface area contributed by atoms with Crippen molar-refractivity contribution in [3.63, 3.8) is 0 Å². The molecule has 0 radical (unpaired) electrons. The number of hydrogen-bond acceptors (Lipinski definition) is 3. The minimum atomic E-state index is -0.879. The normalized spacial score (nSPS) is 13.9. The number of nitrogens with one attached hydrogen (secondary N) is 1. The largest absolute Gasteiger partial charge is 0.394 e. The van der Waals surface area contributed by atoms with E-state index in [1.54, 1.807) is 6.08 Å². The fourth-order valence-electron chi connectivity index (χ4n) is 6.94. The van der Waals surface area contributed by atoms with Crippen LogP contribution in [0.5, 0.6) is 0 Å². The second kappa shape index (κ2) is 50.4. The van der Waals surface area contributed by atoms with Gasteiger partial charge < -0.3 is 15.5 Å². The van der Waals surface area contributed by atoms with Crippen molar-refractivity contribution in [2.24, 2.45) is 0 Å². The molecule has 60 heavy (non-hydrogen) atoms. The maximum Gasteiger partial charge on any atom is 0.220 e. The lowest BCUT2D eigenvalue weighted by molar-refractivity contribution is -0.123. The summed E-state index contributed by atoms with van der Waals surface area (Å²) >= 11 is 0. The zero-order chi connectivity index (χ0) is 43.5. The molecular formula is C56H95NO3. The summed E-state index contributed by atoms with van der Waals surface area (Å²) in [5.41, 5.74) is 0. The van der Waals surface area contributed by atoms with Crippen molar-refractivity contribution in [2.45, 2.75) is 231 Å². The molecule has 0 spiro atoms. The van der Waals surface area contributed by atoms with Crippen LogP contribution < -0.4 is 5.32 Å². The highest BCUT2D eigenvalue weighted by molar-refractivity contribution is 5.76. The Kier molecular flexibility index (Phi) is 47.9. The van der Waals surface area contributed by atoms with Gasteiger partial charge in [0, 0.05) is 6.42 Å². The van der Waals surface area contributed by atoms with Gasteiger partial charge in [0.25, 0.3) is 0 Å². The minimum absolute atomic E-state index is 0.0967. The van der Waals surface area contributed by atoms with Gasteiger partial charge in [0.2, 0.25) is 5.91 Å². The molecule has 0 fully saturated rings. The van der Waals surface area contributed by atoms with Crippen LogP contribution in [-0.4, -0.2) is 34.9 Å². The summed E-state index contributed by atoms with van der Waals surface area (Å²) in [7, 11) is 0. The third-order valence-corrected chi connectivity index (χ3v) is 10.7. The Labute approximate surface area is 372 Å². The zero-order valence-corrected chi connectivity index (χ0v) is 39.2. The molecule has 2 unspecified atom stereocenters. The van der Waals surface area contributed by atoms with E-state index in [2.05, 4.69) is 116 Å². The molecule has 0 aliphatic carbocycles. The number of aliphatic hydroxyl groups is 2. The number of hydrogen-bond donors (Lipinski definition) is 3. The number of carbonyl (C=O) groups excluding carboxylic acids is 1. The monoisotopic (exact) mass is 830 g/mol. The summed E-state index contributed by atoms with van der Waals surface area (Å²) in [5, 5.41) is 23.1. The van der Waals surface area contributed by atoms with Gasteiger partial charge in [-0.15, -0.1) is 0 Å². The van der Waals surface area contributed by atoms with Crippen LogP contribution in [0.25, 0.3) is 0 Å². The highest BCUT2D eigenvalue weighted by Crippen LogP contribution is 2.14.